The lowest BCUT2D eigenvalue weighted by molar-refractivity contribution is -0.385. The van der Waals surface area contributed by atoms with Crippen molar-refractivity contribution in [3.63, 3.8) is 0 Å². The molecule has 0 aliphatic heterocycles. The Kier molecular flexibility index (Phi) is 5.11. The van der Waals surface area contributed by atoms with Crippen LogP contribution in [-0.4, -0.2) is 17.4 Å². The summed E-state index contributed by atoms with van der Waals surface area (Å²) in [5, 5.41) is 13.7. The van der Waals surface area contributed by atoms with Gasteiger partial charge in [-0.05, 0) is 34.3 Å². The summed E-state index contributed by atoms with van der Waals surface area (Å²) >= 11 is 3.14. The molecule has 0 bridgehead atoms. The molecule has 0 unspecified atom stereocenters. The Balaban J connectivity index is 1.95. The van der Waals surface area contributed by atoms with Gasteiger partial charge in [-0.25, -0.2) is 0 Å². The van der Waals surface area contributed by atoms with Crippen LogP contribution in [0.5, 0.6) is 0 Å². The third-order valence-electron chi connectivity index (χ3n) is 3.73. The molecular weight excluding hydrogens is 324 g/mol. The van der Waals surface area contributed by atoms with E-state index in [0.717, 1.165) is 6.42 Å². The van der Waals surface area contributed by atoms with Crippen LogP contribution in [0.15, 0.2) is 22.7 Å². The number of rotatable bonds is 5. The van der Waals surface area contributed by atoms with Gasteiger partial charge in [0.05, 0.1) is 10.5 Å². The third-order valence-corrected chi connectivity index (χ3v) is 4.57. The number of halogens is 1. The molecule has 5 nitrogen and oxygen atoms in total. The highest BCUT2D eigenvalue weighted by Crippen LogP contribution is 2.29. The summed E-state index contributed by atoms with van der Waals surface area (Å²) in [6, 6.07) is 4.48. The van der Waals surface area contributed by atoms with Crippen molar-refractivity contribution in [1.29, 1.82) is 0 Å². The maximum absolute atomic E-state index is 12.1. The molecule has 2 rings (SSSR count). The number of nitrogens with one attached hydrogen (secondary N) is 1. The molecule has 1 aromatic carbocycles. The van der Waals surface area contributed by atoms with E-state index in [1.165, 1.54) is 37.8 Å². The van der Waals surface area contributed by atoms with Crippen LogP contribution in [0.25, 0.3) is 0 Å². The molecule has 1 aliphatic rings. The number of carbonyl (C=O) groups is 1. The van der Waals surface area contributed by atoms with E-state index in [2.05, 4.69) is 21.2 Å². The van der Waals surface area contributed by atoms with E-state index < -0.39 is 4.92 Å². The fourth-order valence-electron chi connectivity index (χ4n) is 2.62. The van der Waals surface area contributed by atoms with Gasteiger partial charge in [-0.15, -0.1) is 0 Å². The molecule has 0 saturated heterocycles. The summed E-state index contributed by atoms with van der Waals surface area (Å²) in [5.74, 6) is 0.447. The second kappa shape index (κ2) is 6.83. The lowest BCUT2D eigenvalue weighted by Crippen LogP contribution is -2.26. The van der Waals surface area contributed by atoms with E-state index in [1.807, 2.05) is 0 Å². The van der Waals surface area contributed by atoms with Gasteiger partial charge in [0.15, 0.2) is 0 Å². The Hall–Kier alpha value is -1.43. The molecule has 0 atom stereocenters. The van der Waals surface area contributed by atoms with Crippen LogP contribution in [0.2, 0.25) is 0 Å². The van der Waals surface area contributed by atoms with Crippen molar-refractivity contribution in [3.8, 4) is 0 Å². The number of amides is 1. The van der Waals surface area contributed by atoms with Gasteiger partial charge in [0.1, 0.15) is 4.47 Å². The minimum Gasteiger partial charge on any atom is -0.352 e. The van der Waals surface area contributed by atoms with Crippen molar-refractivity contribution >= 4 is 27.5 Å². The monoisotopic (exact) mass is 340 g/mol. The topological polar surface area (TPSA) is 72.2 Å². The standard InChI is InChI=1S/C14H17BrN2O3/c15-13-11(6-3-7-12(13)17(19)20)14(18)16-9-8-10-4-1-2-5-10/h3,6-7,10H,1-2,4-5,8-9H2,(H,16,18). The molecule has 1 saturated carbocycles. The van der Waals surface area contributed by atoms with Gasteiger partial charge in [-0.2, -0.15) is 0 Å². The van der Waals surface area contributed by atoms with Crippen molar-refractivity contribution in [1.82, 2.24) is 5.32 Å². The van der Waals surface area contributed by atoms with E-state index in [-0.39, 0.29) is 16.1 Å². The molecule has 20 heavy (non-hydrogen) atoms. The molecule has 1 fully saturated rings. The molecule has 1 N–H and O–H groups in total. The summed E-state index contributed by atoms with van der Waals surface area (Å²) in [6.45, 7) is 0.624. The predicted octanol–water partition coefficient (Wildman–Crippen LogP) is 3.67. The van der Waals surface area contributed by atoms with Gasteiger partial charge in [-0.1, -0.05) is 31.7 Å². The first kappa shape index (κ1) is 15.0. The van der Waals surface area contributed by atoms with E-state index in [4.69, 9.17) is 0 Å². The summed E-state index contributed by atoms with van der Waals surface area (Å²) in [7, 11) is 0. The lowest BCUT2D eigenvalue weighted by atomic mass is 10.0. The third kappa shape index (κ3) is 3.56. The summed E-state index contributed by atoms with van der Waals surface area (Å²) < 4.78 is 0.239. The Morgan fingerprint density at radius 3 is 2.75 bits per heavy atom. The SMILES string of the molecule is O=C(NCCC1CCCC1)c1cccc([N+](=O)[O-])c1Br. The summed E-state index contributed by atoms with van der Waals surface area (Å²) in [6.07, 6.45) is 6.05. The summed E-state index contributed by atoms with van der Waals surface area (Å²) in [5.41, 5.74) is 0.221. The van der Waals surface area contributed by atoms with Crippen molar-refractivity contribution in [2.24, 2.45) is 5.92 Å². The molecule has 1 aliphatic carbocycles. The second-order valence-electron chi connectivity index (χ2n) is 5.09. The van der Waals surface area contributed by atoms with Gasteiger partial charge in [0.25, 0.3) is 11.6 Å². The summed E-state index contributed by atoms with van der Waals surface area (Å²) in [4.78, 5) is 22.4. The van der Waals surface area contributed by atoms with Crippen LogP contribution in [0.4, 0.5) is 5.69 Å². The number of nitro groups is 1. The van der Waals surface area contributed by atoms with Gasteiger partial charge in [-0.3, -0.25) is 14.9 Å². The number of nitro benzene ring substituents is 1. The maximum Gasteiger partial charge on any atom is 0.284 e. The van der Waals surface area contributed by atoms with E-state index in [9.17, 15) is 14.9 Å². The second-order valence-corrected chi connectivity index (χ2v) is 5.88. The van der Waals surface area contributed by atoms with Crippen LogP contribution in [0.1, 0.15) is 42.5 Å². The zero-order valence-electron chi connectivity index (χ0n) is 11.1. The predicted molar refractivity (Wildman–Crippen MR) is 79.7 cm³/mol. The molecule has 0 radical (unpaired) electrons. The molecule has 108 valence electrons. The number of nitrogens with zero attached hydrogens (tertiary/aromatic N) is 1. The van der Waals surface area contributed by atoms with Crippen LogP contribution in [0.3, 0.4) is 0 Å². The van der Waals surface area contributed by atoms with Crippen molar-refractivity contribution in [2.75, 3.05) is 6.54 Å². The van der Waals surface area contributed by atoms with Crippen LogP contribution in [-0.2, 0) is 0 Å². The molecule has 0 spiro atoms. The van der Waals surface area contributed by atoms with Crippen molar-refractivity contribution < 1.29 is 9.72 Å². The number of benzene rings is 1. The fourth-order valence-corrected chi connectivity index (χ4v) is 3.21. The average molecular weight is 341 g/mol. The minimum atomic E-state index is -0.501. The van der Waals surface area contributed by atoms with E-state index >= 15 is 0 Å². The van der Waals surface area contributed by atoms with Crippen molar-refractivity contribution in [3.05, 3.63) is 38.3 Å². The van der Waals surface area contributed by atoms with Gasteiger partial charge in [0.2, 0.25) is 0 Å². The highest BCUT2D eigenvalue weighted by Gasteiger charge is 2.20. The Morgan fingerprint density at radius 1 is 1.40 bits per heavy atom. The fraction of sp³-hybridized carbons (Fsp3) is 0.500. The lowest BCUT2D eigenvalue weighted by Gasteiger charge is -2.10. The quantitative estimate of drug-likeness (QED) is 0.656. The first-order chi connectivity index (χ1) is 9.59. The molecule has 6 heteroatoms. The first-order valence-electron chi connectivity index (χ1n) is 6.80. The number of carbonyl (C=O) groups excluding carboxylic acids is 1. The van der Waals surface area contributed by atoms with Gasteiger partial charge >= 0.3 is 0 Å². The van der Waals surface area contributed by atoms with E-state index in [1.54, 1.807) is 6.07 Å². The minimum absolute atomic E-state index is 0.0894. The zero-order chi connectivity index (χ0) is 14.5. The van der Waals surface area contributed by atoms with Crippen LogP contribution in [0, 0.1) is 16.0 Å². The van der Waals surface area contributed by atoms with Crippen LogP contribution < -0.4 is 5.32 Å². The maximum atomic E-state index is 12.1. The largest absolute Gasteiger partial charge is 0.352 e. The number of hydrogen-bond acceptors (Lipinski definition) is 3. The number of hydrogen-bond donors (Lipinski definition) is 1. The normalized spacial score (nSPS) is 15.2. The van der Waals surface area contributed by atoms with Gasteiger partial charge in [0, 0.05) is 12.6 Å². The molecule has 0 heterocycles. The Bertz CT molecular complexity index is 513. The Morgan fingerprint density at radius 2 is 2.10 bits per heavy atom. The molecule has 0 aromatic heterocycles. The highest BCUT2D eigenvalue weighted by atomic mass is 79.9. The average Bonchev–Trinajstić information content (AvgIpc) is 2.91. The van der Waals surface area contributed by atoms with Crippen LogP contribution >= 0.6 is 15.9 Å². The Labute approximate surface area is 126 Å². The smallest absolute Gasteiger partial charge is 0.284 e. The molecular formula is C14H17BrN2O3. The zero-order valence-corrected chi connectivity index (χ0v) is 12.7. The molecule has 1 aromatic rings. The van der Waals surface area contributed by atoms with Gasteiger partial charge < -0.3 is 5.32 Å². The first-order valence-corrected chi connectivity index (χ1v) is 7.60. The molecule has 1 amide bonds. The van der Waals surface area contributed by atoms with E-state index in [0.29, 0.717) is 18.0 Å². The van der Waals surface area contributed by atoms with Crippen molar-refractivity contribution in [2.45, 2.75) is 32.1 Å². The highest BCUT2D eigenvalue weighted by molar-refractivity contribution is 9.10.